The van der Waals surface area contributed by atoms with Crippen molar-refractivity contribution >= 4 is 5.69 Å². The van der Waals surface area contributed by atoms with Gasteiger partial charge in [0.05, 0.1) is 6.26 Å². The van der Waals surface area contributed by atoms with Crippen LogP contribution in [0.5, 0.6) is 0 Å². The molecule has 130 valence electrons. The summed E-state index contributed by atoms with van der Waals surface area (Å²) in [6.45, 7) is 7.37. The molecule has 2 aliphatic rings. The van der Waals surface area contributed by atoms with Gasteiger partial charge in [0.25, 0.3) is 0 Å². The Labute approximate surface area is 150 Å². The highest BCUT2D eigenvalue weighted by Crippen LogP contribution is 2.36. The molecule has 0 spiro atoms. The molecule has 1 saturated heterocycles. The van der Waals surface area contributed by atoms with Gasteiger partial charge < -0.3 is 9.64 Å². The van der Waals surface area contributed by atoms with Crippen LogP contribution in [-0.4, -0.2) is 37.6 Å². The van der Waals surface area contributed by atoms with Crippen LogP contribution >= 0.6 is 0 Å². The largest absolute Gasteiger partial charge is 0.489 e. The maximum absolute atomic E-state index is 6.14. The van der Waals surface area contributed by atoms with Gasteiger partial charge in [-0.2, -0.15) is 0 Å². The molecule has 0 radical (unpaired) electrons. The molecule has 0 bridgehead atoms. The SMILES string of the molecule is Cc1ccc(C2(CN3CCN(c4ccccc4)CC3)CC=CO2)cc1. The zero-order chi connectivity index (χ0) is 17.1. The van der Waals surface area contributed by atoms with Crippen molar-refractivity contribution in [1.82, 2.24) is 4.90 Å². The smallest absolute Gasteiger partial charge is 0.149 e. The lowest BCUT2D eigenvalue weighted by Crippen LogP contribution is -2.51. The van der Waals surface area contributed by atoms with Crippen LogP contribution in [0.1, 0.15) is 17.5 Å². The molecule has 0 N–H and O–H groups in total. The van der Waals surface area contributed by atoms with E-state index in [4.69, 9.17) is 4.74 Å². The lowest BCUT2D eigenvalue weighted by molar-refractivity contribution is 0.00274. The van der Waals surface area contributed by atoms with Crippen LogP contribution < -0.4 is 4.90 Å². The van der Waals surface area contributed by atoms with Gasteiger partial charge in [-0.1, -0.05) is 48.0 Å². The van der Waals surface area contributed by atoms with Crippen molar-refractivity contribution in [2.24, 2.45) is 0 Å². The second-order valence-electron chi connectivity index (χ2n) is 7.15. The predicted octanol–water partition coefficient (Wildman–Crippen LogP) is 3.95. The monoisotopic (exact) mass is 334 g/mol. The van der Waals surface area contributed by atoms with Crippen molar-refractivity contribution < 1.29 is 4.74 Å². The van der Waals surface area contributed by atoms with E-state index in [1.54, 1.807) is 0 Å². The van der Waals surface area contributed by atoms with Gasteiger partial charge in [0.2, 0.25) is 0 Å². The number of aryl methyl sites for hydroxylation is 1. The van der Waals surface area contributed by atoms with Crippen molar-refractivity contribution in [2.45, 2.75) is 18.9 Å². The normalized spacial score (nSPS) is 23.6. The van der Waals surface area contributed by atoms with Gasteiger partial charge in [0.1, 0.15) is 5.60 Å². The Morgan fingerprint density at radius 1 is 0.920 bits per heavy atom. The molecular formula is C22H26N2O. The number of ether oxygens (including phenoxy) is 1. The van der Waals surface area contributed by atoms with Crippen molar-refractivity contribution in [2.75, 3.05) is 37.6 Å². The van der Waals surface area contributed by atoms with Crippen LogP contribution in [0.3, 0.4) is 0 Å². The number of nitrogens with zero attached hydrogens (tertiary/aromatic N) is 2. The quantitative estimate of drug-likeness (QED) is 0.842. The first-order valence-electron chi connectivity index (χ1n) is 9.18. The first-order chi connectivity index (χ1) is 12.3. The third-order valence-electron chi connectivity index (χ3n) is 5.39. The topological polar surface area (TPSA) is 15.7 Å². The molecule has 3 nitrogen and oxygen atoms in total. The molecule has 2 aromatic rings. The minimum absolute atomic E-state index is 0.220. The average Bonchev–Trinajstić information content (AvgIpc) is 3.13. The van der Waals surface area contributed by atoms with Crippen LogP contribution in [0, 0.1) is 6.92 Å². The van der Waals surface area contributed by atoms with E-state index in [0.29, 0.717) is 0 Å². The summed E-state index contributed by atoms with van der Waals surface area (Å²) < 4.78 is 6.14. The number of anilines is 1. The predicted molar refractivity (Wildman–Crippen MR) is 103 cm³/mol. The molecular weight excluding hydrogens is 308 g/mol. The summed E-state index contributed by atoms with van der Waals surface area (Å²) in [5, 5.41) is 0. The Bertz CT molecular complexity index is 707. The Kier molecular flexibility index (Phi) is 4.50. The molecule has 2 heterocycles. The second-order valence-corrected chi connectivity index (χ2v) is 7.15. The number of hydrogen-bond donors (Lipinski definition) is 0. The molecule has 2 aromatic carbocycles. The van der Waals surface area contributed by atoms with Gasteiger partial charge in [0, 0.05) is 44.8 Å². The third kappa shape index (κ3) is 3.42. The number of piperazine rings is 1. The second kappa shape index (κ2) is 6.93. The lowest BCUT2D eigenvalue weighted by Gasteiger charge is -2.40. The van der Waals surface area contributed by atoms with Crippen LogP contribution in [0.25, 0.3) is 0 Å². The number of hydrogen-bond acceptors (Lipinski definition) is 3. The maximum atomic E-state index is 6.14. The summed E-state index contributed by atoms with van der Waals surface area (Å²) in [5.41, 5.74) is 3.69. The molecule has 1 unspecified atom stereocenters. The first-order valence-corrected chi connectivity index (χ1v) is 9.18. The third-order valence-corrected chi connectivity index (χ3v) is 5.39. The van der Waals surface area contributed by atoms with Gasteiger partial charge in [-0.3, -0.25) is 4.90 Å². The van der Waals surface area contributed by atoms with Crippen LogP contribution in [-0.2, 0) is 10.3 Å². The van der Waals surface area contributed by atoms with E-state index in [2.05, 4.69) is 77.4 Å². The van der Waals surface area contributed by atoms with Crippen LogP contribution in [0.2, 0.25) is 0 Å². The molecule has 0 saturated carbocycles. The van der Waals surface area contributed by atoms with E-state index in [1.807, 2.05) is 6.26 Å². The molecule has 25 heavy (non-hydrogen) atoms. The van der Waals surface area contributed by atoms with Crippen molar-refractivity contribution in [3.8, 4) is 0 Å². The molecule has 4 rings (SSSR count). The fraction of sp³-hybridized carbons (Fsp3) is 0.364. The molecule has 2 aliphatic heterocycles. The Morgan fingerprint density at radius 3 is 2.28 bits per heavy atom. The first kappa shape index (κ1) is 16.2. The zero-order valence-electron chi connectivity index (χ0n) is 14.9. The Hall–Kier alpha value is -2.26. The van der Waals surface area contributed by atoms with E-state index < -0.39 is 0 Å². The van der Waals surface area contributed by atoms with Gasteiger partial charge in [0.15, 0.2) is 0 Å². The van der Waals surface area contributed by atoms with E-state index in [1.165, 1.54) is 16.8 Å². The van der Waals surface area contributed by atoms with Gasteiger partial charge in [-0.15, -0.1) is 0 Å². The minimum Gasteiger partial charge on any atom is -0.489 e. The highest BCUT2D eigenvalue weighted by molar-refractivity contribution is 5.46. The summed E-state index contributed by atoms with van der Waals surface area (Å²) in [6.07, 6.45) is 4.98. The number of para-hydroxylation sites is 1. The van der Waals surface area contributed by atoms with Gasteiger partial charge in [-0.25, -0.2) is 0 Å². The zero-order valence-corrected chi connectivity index (χ0v) is 14.9. The molecule has 1 fully saturated rings. The fourth-order valence-corrected chi connectivity index (χ4v) is 3.87. The van der Waals surface area contributed by atoms with Crippen molar-refractivity contribution in [1.29, 1.82) is 0 Å². The molecule has 0 aromatic heterocycles. The minimum atomic E-state index is -0.220. The summed E-state index contributed by atoms with van der Waals surface area (Å²) in [5.74, 6) is 0. The molecule has 0 amide bonds. The standard InChI is InChI=1S/C22H26N2O/c1-19-8-10-20(11-9-19)22(12-5-17-25-22)18-23-13-15-24(16-14-23)21-6-3-2-4-7-21/h2-11,17H,12-16,18H2,1H3. The summed E-state index contributed by atoms with van der Waals surface area (Å²) in [6, 6.07) is 19.5. The average molecular weight is 334 g/mol. The fourth-order valence-electron chi connectivity index (χ4n) is 3.87. The lowest BCUT2D eigenvalue weighted by atomic mass is 9.89. The van der Waals surface area contributed by atoms with E-state index in [0.717, 1.165) is 39.1 Å². The van der Waals surface area contributed by atoms with Crippen molar-refractivity contribution in [3.63, 3.8) is 0 Å². The number of rotatable bonds is 4. The van der Waals surface area contributed by atoms with Crippen molar-refractivity contribution in [3.05, 3.63) is 78.1 Å². The summed E-state index contributed by atoms with van der Waals surface area (Å²) in [4.78, 5) is 5.02. The Balaban J connectivity index is 1.43. The van der Waals surface area contributed by atoms with Gasteiger partial charge in [-0.05, 0) is 30.7 Å². The van der Waals surface area contributed by atoms with Crippen LogP contribution in [0.4, 0.5) is 5.69 Å². The highest BCUT2D eigenvalue weighted by atomic mass is 16.5. The molecule has 3 heteroatoms. The van der Waals surface area contributed by atoms with E-state index >= 15 is 0 Å². The van der Waals surface area contributed by atoms with Crippen LogP contribution in [0.15, 0.2) is 66.9 Å². The number of benzene rings is 2. The van der Waals surface area contributed by atoms with E-state index in [-0.39, 0.29) is 5.60 Å². The molecule has 1 atom stereocenters. The van der Waals surface area contributed by atoms with E-state index in [9.17, 15) is 0 Å². The van der Waals surface area contributed by atoms with Gasteiger partial charge >= 0.3 is 0 Å². The highest BCUT2D eigenvalue weighted by Gasteiger charge is 2.38. The molecule has 0 aliphatic carbocycles. The Morgan fingerprint density at radius 2 is 1.64 bits per heavy atom. The summed E-state index contributed by atoms with van der Waals surface area (Å²) >= 11 is 0. The summed E-state index contributed by atoms with van der Waals surface area (Å²) in [7, 11) is 0. The maximum Gasteiger partial charge on any atom is 0.149 e.